The van der Waals surface area contributed by atoms with Gasteiger partial charge in [-0.05, 0) is 30.4 Å². The number of amides is 1. The van der Waals surface area contributed by atoms with E-state index in [1.54, 1.807) is 0 Å². The molecule has 5 nitrogen and oxygen atoms in total. The first-order valence-electron chi connectivity index (χ1n) is 6.06. The van der Waals surface area contributed by atoms with Gasteiger partial charge >= 0.3 is 0 Å². The zero-order valence-electron chi connectivity index (χ0n) is 9.89. The molecule has 1 amide bonds. The monoisotopic (exact) mass is 242 g/mol. The molecule has 0 saturated carbocycles. The molecule has 0 radical (unpaired) electrons. The summed E-state index contributed by atoms with van der Waals surface area (Å²) in [6.07, 6.45) is 4.20. The molecule has 3 rings (SSSR count). The molecule has 1 heterocycles. The molecule has 0 spiro atoms. The SMILES string of the molecule is O=C(NC1CCc2ccccc2C1)c1ncn[nH]1. The van der Waals surface area contributed by atoms with Gasteiger partial charge in [-0.2, -0.15) is 5.10 Å². The van der Waals surface area contributed by atoms with E-state index >= 15 is 0 Å². The van der Waals surface area contributed by atoms with Crippen LogP contribution in [0.2, 0.25) is 0 Å². The van der Waals surface area contributed by atoms with E-state index in [0.717, 1.165) is 19.3 Å². The minimum Gasteiger partial charge on any atom is -0.346 e. The molecule has 0 bridgehead atoms. The minimum absolute atomic E-state index is 0.178. The summed E-state index contributed by atoms with van der Waals surface area (Å²) in [4.78, 5) is 15.7. The Morgan fingerprint density at radius 1 is 1.33 bits per heavy atom. The molecular formula is C13H14N4O. The van der Waals surface area contributed by atoms with Crippen molar-refractivity contribution in [3.63, 3.8) is 0 Å². The molecule has 92 valence electrons. The highest BCUT2D eigenvalue weighted by molar-refractivity contribution is 5.90. The van der Waals surface area contributed by atoms with Gasteiger partial charge in [-0.25, -0.2) is 4.98 Å². The second-order valence-corrected chi connectivity index (χ2v) is 4.52. The van der Waals surface area contributed by atoms with Crippen LogP contribution in [0, 0.1) is 0 Å². The molecule has 2 N–H and O–H groups in total. The first kappa shape index (κ1) is 11.0. The maximum Gasteiger partial charge on any atom is 0.288 e. The van der Waals surface area contributed by atoms with E-state index in [1.807, 2.05) is 6.07 Å². The van der Waals surface area contributed by atoms with Crippen LogP contribution in [0.15, 0.2) is 30.6 Å². The van der Waals surface area contributed by atoms with Crippen LogP contribution in [0.5, 0.6) is 0 Å². The largest absolute Gasteiger partial charge is 0.346 e. The highest BCUT2D eigenvalue weighted by Crippen LogP contribution is 2.21. The van der Waals surface area contributed by atoms with Crippen molar-refractivity contribution in [2.24, 2.45) is 0 Å². The number of nitrogens with one attached hydrogen (secondary N) is 2. The van der Waals surface area contributed by atoms with Crippen molar-refractivity contribution in [2.45, 2.75) is 25.3 Å². The van der Waals surface area contributed by atoms with Gasteiger partial charge in [-0.3, -0.25) is 9.89 Å². The average Bonchev–Trinajstić information content (AvgIpc) is 2.92. The van der Waals surface area contributed by atoms with Crippen LogP contribution in [-0.4, -0.2) is 27.1 Å². The Kier molecular flexibility index (Phi) is 2.80. The van der Waals surface area contributed by atoms with E-state index in [9.17, 15) is 4.79 Å². The number of H-pyrrole nitrogens is 1. The van der Waals surface area contributed by atoms with E-state index < -0.39 is 0 Å². The Morgan fingerprint density at radius 2 is 2.17 bits per heavy atom. The normalized spacial score (nSPS) is 18.1. The van der Waals surface area contributed by atoms with Crippen molar-refractivity contribution in [3.8, 4) is 0 Å². The Morgan fingerprint density at radius 3 is 2.94 bits per heavy atom. The molecule has 18 heavy (non-hydrogen) atoms. The molecule has 5 heteroatoms. The van der Waals surface area contributed by atoms with Crippen molar-refractivity contribution in [1.82, 2.24) is 20.5 Å². The summed E-state index contributed by atoms with van der Waals surface area (Å²) < 4.78 is 0. The number of benzene rings is 1. The van der Waals surface area contributed by atoms with Gasteiger partial charge in [0.25, 0.3) is 5.91 Å². The van der Waals surface area contributed by atoms with Gasteiger partial charge in [0.1, 0.15) is 6.33 Å². The van der Waals surface area contributed by atoms with Gasteiger partial charge in [0.05, 0.1) is 0 Å². The third kappa shape index (κ3) is 2.11. The van der Waals surface area contributed by atoms with Crippen LogP contribution >= 0.6 is 0 Å². The maximum atomic E-state index is 11.8. The molecule has 1 unspecified atom stereocenters. The Bertz CT molecular complexity index is 550. The first-order valence-corrected chi connectivity index (χ1v) is 6.06. The predicted octanol–water partition coefficient (Wildman–Crippen LogP) is 1.09. The molecule has 1 aromatic heterocycles. The summed E-state index contributed by atoms with van der Waals surface area (Å²) in [7, 11) is 0. The zero-order valence-corrected chi connectivity index (χ0v) is 9.89. The summed E-state index contributed by atoms with van der Waals surface area (Å²) in [5.41, 5.74) is 2.72. The molecule has 0 aliphatic heterocycles. The molecule has 0 saturated heterocycles. The van der Waals surface area contributed by atoms with Gasteiger partial charge in [0.2, 0.25) is 5.82 Å². The van der Waals surface area contributed by atoms with Gasteiger partial charge in [0, 0.05) is 6.04 Å². The third-order valence-corrected chi connectivity index (χ3v) is 3.31. The van der Waals surface area contributed by atoms with Gasteiger partial charge < -0.3 is 5.32 Å². The third-order valence-electron chi connectivity index (χ3n) is 3.31. The fourth-order valence-electron chi connectivity index (χ4n) is 2.39. The van der Waals surface area contributed by atoms with E-state index in [-0.39, 0.29) is 17.8 Å². The topological polar surface area (TPSA) is 70.7 Å². The van der Waals surface area contributed by atoms with Crippen LogP contribution in [0.25, 0.3) is 0 Å². The van der Waals surface area contributed by atoms with Crippen LogP contribution < -0.4 is 5.32 Å². The summed E-state index contributed by atoms with van der Waals surface area (Å²) in [5.74, 6) is 0.0886. The molecule has 1 aliphatic rings. The fraction of sp³-hybridized carbons (Fsp3) is 0.308. The number of aromatic amines is 1. The smallest absolute Gasteiger partial charge is 0.288 e. The van der Waals surface area contributed by atoms with Gasteiger partial charge in [0.15, 0.2) is 0 Å². The minimum atomic E-state index is -0.183. The van der Waals surface area contributed by atoms with Crippen LogP contribution in [0.4, 0.5) is 0 Å². The lowest BCUT2D eigenvalue weighted by molar-refractivity contribution is 0.0923. The lowest BCUT2D eigenvalue weighted by atomic mass is 9.88. The molecule has 2 aromatic rings. The molecule has 1 aliphatic carbocycles. The van der Waals surface area contributed by atoms with Crippen molar-refractivity contribution < 1.29 is 4.79 Å². The van der Waals surface area contributed by atoms with Crippen LogP contribution in [0.3, 0.4) is 0 Å². The van der Waals surface area contributed by atoms with Crippen molar-refractivity contribution >= 4 is 5.91 Å². The highest BCUT2D eigenvalue weighted by atomic mass is 16.2. The Hall–Kier alpha value is -2.17. The number of aromatic nitrogens is 3. The molecular weight excluding hydrogens is 228 g/mol. The standard InChI is InChI=1S/C13H14N4O/c18-13(12-14-8-15-17-12)16-11-6-5-9-3-1-2-4-10(9)7-11/h1-4,8,11H,5-7H2,(H,16,18)(H,14,15,17). The van der Waals surface area contributed by atoms with Crippen molar-refractivity contribution in [1.29, 1.82) is 0 Å². The highest BCUT2D eigenvalue weighted by Gasteiger charge is 2.21. The zero-order chi connectivity index (χ0) is 12.4. The first-order chi connectivity index (χ1) is 8.83. The summed E-state index contributed by atoms with van der Waals surface area (Å²) in [6.45, 7) is 0. The number of carbonyl (C=O) groups is 1. The van der Waals surface area contributed by atoms with E-state index in [2.05, 4.69) is 38.7 Å². The van der Waals surface area contributed by atoms with Crippen LogP contribution in [-0.2, 0) is 12.8 Å². The van der Waals surface area contributed by atoms with Gasteiger partial charge in [-0.1, -0.05) is 24.3 Å². The summed E-state index contributed by atoms with van der Waals surface area (Å²) >= 11 is 0. The van der Waals surface area contributed by atoms with E-state index in [0.29, 0.717) is 0 Å². The molecule has 1 aromatic carbocycles. The number of fused-ring (bicyclic) bond motifs is 1. The number of aryl methyl sites for hydroxylation is 1. The maximum absolute atomic E-state index is 11.8. The van der Waals surface area contributed by atoms with Crippen molar-refractivity contribution in [3.05, 3.63) is 47.5 Å². The fourth-order valence-corrected chi connectivity index (χ4v) is 2.39. The van der Waals surface area contributed by atoms with Crippen molar-refractivity contribution in [2.75, 3.05) is 0 Å². The number of nitrogens with zero attached hydrogens (tertiary/aromatic N) is 2. The molecule has 1 atom stereocenters. The van der Waals surface area contributed by atoms with Crippen LogP contribution in [0.1, 0.15) is 28.2 Å². The lowest BCUT2D eigenvalue weighted by Crippen LogP contribution is -2.39. The van der Waals surface area contributed by atoms with Gasteiger partial charge in [-0.15, -0.1) is 0 Å². The molecule has 0 fully saturated rings. The number of hydrogen-bond donors (Lipinski definition) is 2. The predicted molar refractivity (Wildman–Crippen MR) is 66.1 cm³/mol. The average molecular weight is 242 g/mol. The second-order valence-electron chi connectivity index (χ2n) is 4.52. The Balaban J connectivity index is 1.68. The number of hydrogen-bond acceptors (Lipinski definition) is 3. The number of rotatable bonds is 2. The van der Waals surface area contributed by atoms with E-state index in [1.165, 1.54) is 17.5 Å². The van der Waals surface area contributed by atoms with E-state index in [4.69, 9.17) is 0 Å². The quantitative estimate of drug-likeness (QED) is 0.828. The second kappa shape index (κ2) is 4.60. The Labute approximate surface area is 105 Å². The number of carbonyl (C=O) groups excluding carboxylic acids is 1. The lowest BCUT2D eigenvalue weighted by Gasteiger charge is -2.25. The summed E-state index contributed by atoms with van der Waals surface area (Å²) in [6, 6.07) is 8.56. The summed E-state index contributed by atoms with van der Waals surface area (Å²) in [5, 5.41) is 9.24.